The van der Waals surface area contributed by atoms with Gasteiger partial charge in [0.25, 0.3) is 0 Å². The molecule has 0 bridgehead atoms. The predicted molar refractivity (Wildman–Crippen MR) is 72.5 cm³/mol. The van der Waals surface area contributed by atoms with E-state index in [-0.39, 0.29) is 11.4 Å². The molecule has 0 aliphatic rings. The van der Waals surface area contributed by atoms with E-state index in [0.29, 0.717) is 6.42 Å². The van der Waals surface area contributed by atoms with E-state index in [4.69, 9.17) is 0 Å². The molecule has 3 heteroatoms. The van der Waals surface area contributed by atoms with E-state index in [1.54, 1.807) is 11.8 Å². The van der Waals surface area contributed by atoms with Crippen molar-refractivity contribution in [3.63, 3.8) is 0 Å². The van der Waals surface area contributed by atoms with Crippen molar-refractivity contribution in [3.8, 4) is 0 Å². The van der Waals surface area contributed by atoms with Gasteiger partial charge in [0.1, 0.15) is 0 Å². The molecule has 0 heterocycles. The first-order valence-corrected chi connectivity index (χ1v) is 6.72. The normalized spacial score (nSPS) is 11.3. The standard InChI is InChI=1S/C14H20O2S/c1-14(2,3)11-5-7-12(8-6-11)17-10-9-13(15)16-4/h5-8H,9-10H2,1-4H3. The highest BCUT2D eigenvalue weighted by Gasteiger charge is 2.12. The molecule has 2 nitrogen and oxygen atoms in total. The third-order valence-corrected chi connectivity index (χ3v) is 3.54. The number of carbonyl (C=O) groups is 1. The van der Waals surface area contributed by atoms with Crippen molar-refractivity contribution in [2.75, 3.05) is 12.9 Å². The van der Waals surface area contributed by atoms with Gasteiger partial charge in [-0.15, -0.1) is 11.8 Å². The highest BCUT2D eigenvalue weighted by atomic mass is 32.2. The summed E-state index contributed by atoms with van der Waals surface area (Å²) in [6.07, 6.45) is 0.461. The molecule has 1 rings (SSSR count). The van der Waals surface area contributed by atoms with E-state index in [1.807, 2.05) is 0 Å². The van der Waals surface area contributed by atoms with Gasteiger partial charge in [-0.2, -0.15) is 0 Å². The third kappa shape index (κ3) is 4.82. The maximum atomic E-state index is 11.0. The number of hydrogen-bond donors (Lipinski definition) is 0. The quantitative estimate of drug-likeness (QED) is 0.604. The Balaban J connectivity index is 2.49. The zero-order chi connectivity index (χ0) is 12.9. The van der Waals surface area contributed by atoms with Crippen LogP contribution in [-0.2, 0) is 14.9 Å². The number of methoxy groups -OCH3 is 1. The molecular formula is C14H20O2S. The summed E-state index contributed by atoms with van der Waals surface area (Å²) >= 11 is 1.68. The van der Waals surface area contributed by atoms with Crippen LogP contribution in [0.5, 0.6) is 0 Å². The summed E-state index contributed by atoms with van der Waals surface area (Å²) in [6, 6.07) is 8.53. The lowest BCUT2D eigenvalue weighted by Gasteiger charge is -2.19. The van der Waals surface area contributed by atoms with Crippen LogP contribution in [-0.4, -0.2) is 18.8 Å². The van der Waals surface area contributed by atoms with Crippen LogP contribution in [0.1, 0.15) is 32.8 Å². The van der Waals surface area contributed by atoms with Gasteiger partial charge in [0.05, 0.1) is 13.5 Å². The molecule has 0 radical (unpaired) electrons. The summed E-state index contributed by atoms with van der Waals surface area (Å²) in [7, 11) is 1.42. The van der Waals surface area contributed by atoms with Crippen LogP contribution in [0.15, 0.2) is 29.2 Å². The van der Waals surface area contributed by atoms with Crippen molar-refractivity contribution in [2.45, 2.75) is 37.5 Å². The zero-order valence-electron chi connectivity index (χ0n) is 10.9. The van der Waals surface area contributed by atoms with E-state index >= 15 is 0 Å². The van der Waals surface area contributed by atoms with Gasteiger partial charge in [-0.25, -0.2) is 0 Å². The van der Waals surface area contributed by atoms with Crippen molar-refractivity contribution in [3.05, 3.63) is 29.8 Å². The molecule has 94 valence electrons. The molecule has 17 heavy (non-hydrogen) atoms. The molecule has 0 unspecified atom stereocenters. The van der Waals surface area contributed by atoms with Crippen molar-refractivity contribution in [2.24, 2.45) is 0 Å². The van der Waals surface area contributed by atoms with E-state index < -0.39 is 0 Å². The molecule has 0 spiro atoms. The highest BCUT2D eigenvalue weighted by Crippen LogP contribution is 2.25. The first kappa shape index (κ1) is 14.1. The lowest BCUT2D eigenvalue weighted by molar-refractivity contribution is -0.140. The maximum Gasteiger partial charge on any atom is 0.306 e. The SMILES string of the molecule is COC(=O)CCSc1ccc(C(C)(C)C)cc1. The second-order valence-electron chi connectivity index (χ2n) is 4.95. The summed E-state index contributed by atoms with van der Waals surface area (Å²) in [5.41, 5.74) is 1.52. The first-order valence-electron chi connectivity index (χ1n) is 5.73. The number of carbonyl (C=O) groups excluding carboxylic acids is 1. The van der Waals surface area contributed by atoms with Crippen molar-refractivity contribution < 1.29 is 9.53 Å². The number of rotatable bonds is 4. The van der Waals surface area contributed by atoms with Crippen molar-refractivity contribution >= 4 is 17.7 Å². The fraction of sp³-hybridized carbons (Fsp3) is 0.500. The number of benzene rings is 1. The summed E-state index contributed by atoms with van der Waals surface area (Å²) in [6.45, 7) is 6.60. The average molecular weight is 252 g/mol. The average Bonchev–Trinajstić information content (AvgIpc) is 2.28. The van der Waals surface area contributed by atoms with Crippen LogP contribution in [0.4, 0.5) is 0 Å². The Labute approximate surface area is 108 Å². The van der Waals surface area contributed by atoms with Gasteiger partial charge in [0.15, 0.2) is 0 Å². The van der Waals surface area contributed by atoms with E-state index in [1.165, 1.54) is 17.6 Å². The maximum absolute atomic E-state index is 11.0. The molecule has 0 fully saturated rings. The lowest BCUT2D eigenvalue weighted by Crippen LogP contribution is -2.10. The lowest BCUT2D eigenvalue weighted by atomic mass is 9.87. The largest absolute Gasteiger partial charge is 0.469 e. The number of hydrogen-bond acceptors (Lipinski definition) is 3. The van der Waals surface area contributed by atoms with Gasteiger partial charge in [0.2, 0.25) is 0 Å². The highest BCUT2D eigenvalue weighted by molar-refractivity contribution is 7.99. The Morgan fingerprint density at radius 3 is 2.29 bits per heavy atom. The van der Waals surface area contributed by atoms with Crippen molar-refractivity contribution in [1.82, 2.24) is 0 Å². The van der Waals surface area contributed by atoms with Gasteiger partial charge in [0, 0.05) is 10.6 Å². The molecule has 0 saturated heterocycles. The summed E-state index contributed by atoms with van der Waals surface area (Å²) in [4.78, 5) is 12.1. The first-order chi connectivity index (χ1) is 7.93. The summed E-state index contributed by atoms with van der Waals surface area (Å²) in [5, 5.41) is 0. The Morgan fingerprint density at radius 1 is 1.24 bits per heavy atom. The van der Waals surface area contributed by atoms with Crippen molar-refractivity contribution in [1.29, 1.82) is 0 Å². The Morgan fingerprint density at radius 2 is 1.82 bits per heavy atom. The smallest absolute Gasteiger partial charge is 0.306 e. The van der Waals surface area contributed by atoms with Crippen LogP contribution < -0.4 is 0 Å². The molecule has 0 atom stereocenters. The second-order valence-corrected chi connectivity index (χ2v) is 6.12. The predicted octanol–water partition coefficient (Wildman–Crippen LogP) is 3.64. The second kappa shape index (κ2) is 6.10. The topological polar surface area (TPSA) is 26.3 Å². The van der Waals surface area contributed by atoms with E-state index in [0.717, 1.165) is 5.75 Å². The Hall–Kier alpha value is -0.960. The minimum absolute atomic E-state index is 0.149. The van der Waals surface area contributed by atoms with Gasteiger partial charge in [-0.3, -0.25) is 4.79 Å². The molecular weight excluding hydrogens is 232 g/mol. The van der Waals surface area contributed by atoms with Crippen LogP contribution in [0.25, 0.3) is 0 Å². The monoisotopic (exact) mass is 252 g/mol. The zero-order valence-corrected chi connectivity index (χ0v) is 11.8. The van der Waals surface area contributed by atoms with Crippen LogP contribution in [0, 0.1) is 0 Å². The number of esters is 1. The Bertz CT molecular complexity index is 363. The summed E-state index contributed by atoms with van der Waals surface area (Å²) < 4.78 is 4.60. The van der Waals surface area contributed by atoms with Crippen LogP contribution >= 0.6 is 11.8 Å². The Kier molecular flexibility index (Phi) is 5.06. The minimum Gasteiger partial charge on any atom is -0.469 e. The van der Waals surface area contributed by atoms with E-state index in [2.05, 4.69) is 49.8 Å². The fourth-order valence-corrected chi connectivity index (χ4v) is 2.24. The number of thioether (sulfide) groups is 1. The molecule has 0 amide bonds. The van der Waals surface area contributed by atoms with Gasteiger partial charge < -0.3 is 4.74 Å². The molecule has 0 aromatic heterocycles. The van der Waals surface area contributed by atoms with Crippen LogP contribution in [0.3, 0.4) is 0 Å². The molecule has 0 aliphatic carbocycles. The molecule has 1 aromatic rings. The minimum atomic E-state index is -0.149. The third-order valence-electron chi connectivity index (χ3n) is 2.52. The van der Waals surface area contributed by atoms with E-state index in [9.17, 15) is 4.79 Å². The van der Waals surface area contributed by atoms with Crippen LogP contribution in [0.2, 0.25) is 0 Å². The molecule has 0 N–H and O–H groups in total. The molecule has 0 aliphatic heterocycles. The summed E-state index contributed by atoms with van der Waals surface area (Å²) in [5.74, 6) is 0.616. The van der Waals surface area contributed by atoms with Gasteiger partial charge in [-0.1, -0.05) is 32.9 Å². The molecule has 1 aromatic carbocycles. The van der Waals surface area contributed by atoms with Gasteiger partial charge in [-0.05, 0) is 23.1 Å². The molecule has 0 saturated carbocycles. The fourth-order valence-electron chi connectivity index (χ4n) is 1.41. The number of ether oxygens (including phenoxy) is 1. The van der Waals surface area contributed by atoms with Gasteiger partial charge >= 0.3 is 5.97 Å².